The fourth-order valence-electron chi connectivity index (χ4n) is 9.34. The molecule has 0 radical (unpaired) electrons. The zero-order valence-electron chi connectivity index (χ0n) is 58.0. The molecule has 0 spiro atoms. The highest BCUT2D eigenvalue weighted by atomic mass is 19.2. The topological polar surface area (TPSA) is 0 Å². The molecule has 21 heteroatoms. The van der Waals surface area contributed by atoms with Crippen LogP contribution < -0.4 is 0 Å². The smallest absolute Gasteiger partial charge is 0.194 e. The van der Waals surface area contributed by atoms with E-state index in [1.54, 1.807) is 62.4 Å². The average molecular weight is 1500 g/mol. The highest BCUT2D eigenvalue weighted by Crippen LogP contribution is 2.32. The number of benzene rings is 13. The molecule has 0 fully saturated rings. The molecule has 0 nitrogen and oxygen atoms in total. The molecule has 0 aliphatic carbocycles. The van der Waals surface area contributed by atoms with E-state index in [9.17, 15) is 92.2 Å². The average Bonchev–Trinajstić information content (AvgIpc) is 0.820. The van der Waals surface area contributed by atoms with Crippen LogP contribution in [0.3, 0.4) is 0 Å². The van der Waals surface area contributed by atoms with Gasteiger partial charge in [-0.15, -0.1) is 0 Å². The largest absolute Gasteiger partial charge is 0.207 e. The monoisotopic (exact) mass is 1490 g/mol. The first-order valence-electron chi connectivity index (χ1n) is 31.8. The lowest BCUT2D eigenvalue weighted by atomic mass is 10.0. The Morgan fingerprint density at radius 3 is 0.701 bits per heavy atom. The summed E-state index contributed by atoms with van der Waals surface area (Å²) in [6.07, 6.45) is 0. The van der Waals surface area contributed by atoms with E-state index >= 15 is 0 Å². The van der Waals surface area contributed by atoms with E-state index in [0.29, 0.717) is 45.5 Å². The summed E-state index contributed by atoms with van der Waals surface area (Å²) in [5.41, 5.74) is 10.4. The molecule has 0 amide bonds. The third-order valence-electron chi connectivity index (χ3n) is 15.0. The van der Waals surface area contributed by atoms with Gasteiger partial charge in [-0.1, -0.05) is 144 Å². The first-order chi connectivity index (χ1) is 50.5. The quantitative estimate of drug-likeness (QED) is 0.119. The summed E-state index contributed by atoms with van der Waals surface area (Å²) in [6.45, 7) is 14.2. The van der Waals surface area contributed by atoms with E-state index in [1.165, 1.54) is 67.9 Å². The molecule has 554 valence electrons. The van der Waals surface area contributed by atoms with Crippen LogP contribution in [-0.2, 0) is 0 Å². The van der Waals surface area contributed by atoms with Crippen LogP contribution in [-0.4, -0.2) is 0 Å². The molecule has 0 unspecified atom stereocenters. The van der Waals surface area contributed by atoms with Gasteiger partial charge in [0.1, 0.15) is 29.1 Å². The molecule has 0 aliphatic rings. The molecule has 13 aromatic carbocycles. The zero-order chi connectivity index (χ0) is 79.1. The van der Waals surface area contributed by atoms with Crippen molar-refractivity contribution in [2.75, 3.05) is 0 Å². The molecule has 0 saturated heterocycles. The number of hydrogen-bond donors (Lipinski definition) is 0. The van der Waals surface area contributed by atoms with Crippen molar-refractivity contribution in [3.05, 3.63) is 403 Å². The fraction of sp³-hybridized carbons (Fsp3) is 0.0930. The minimum atomic E-state index is -1.67. The minimum absolute atomic E-state index is 0.0288. The molecule has 13 rings (SSSR count). The van der Waals surface area contributed by atoms with Gasteiger partial charge in [0, 0.05) is 5.56 Å². The van der Waals surface area contributed by atoms with Gasteiger partial charge < -0.3 is 0 Å². The number of halogens is 21. The summed E-state index contributed by atoms with van der Waals surface area (Å²) in [5.74, 6) is -22.4. The van der Waals surface area contributed by atoms with Gasteiger partial charge in [0.25, 0.3) is 0 Å². The highest BCUT2D eigenvalue weighted by molar-refractivity contribution is 5.68. The Hall–Kier alpha value is -11.6. The normalized spacial score (nSPS) is 10.3. The van der Waals surface area contributed by atoms with Gasteiger partial charge in [-0.25, -0.2) is 92.2 Å². The fourth-order valence-corrected chi connectivity index (χ4v) is 9.34. The number of hydrogen-bond acceptors (Lipinski definition) is 0. The van der Waals surface area contributed by atoms with E-state index in [0.717, 1.165) is 106 Å². The second-order valence-electron chi connectivity index (χ2n) is 23.8. The van der Waals surface area contributed by atoms with Crippen LogP contribution in [0.5, 0.6) is 0 Å². The van der Waals surface area contributed by atoms with Crippen LogP contribution in [0.1, 0.15) is 44.5 Å². The first kappa shape index (κ1) is 84.3. The lowest BCUT2D eigenvalue weighted by Crippen LogP contribution is -1.96. The van der Waals surface area contributed by atoms with Crippen molar-refractivity contribution < 1.29 is 92.2 Å². The van der Waals surface area contributed by atoms with E-state index < -0.39 is 116 Å². The molecular formula is C86H63F21. The summed E-state index contributed by atoms with van der Waals surface area (Å²) in [7, 11) is 0. The van der Waals surface area contributed by atoms with Crippen LogP contribution in [0.25, 0.3) is 55.6 Å². The third-order valence-corrected chi connectivity index (χ3v) is 15.0. The van der Waals surface area contributed by atoms with Crippen molar-refractivity contribution >= 4 is 0 Å². The van der Waals surface area contributed by atoms with Crippen molar-refractivity contribution in [3.63, 3.8) is 0 Å². The van der Waals surface area contributed by atoms with E-state index in [-0.39, 0.29) is 28.3 Å². The van der Waals surface area contributed by atoms with Gasteiger partial charge in [0.2, 0.25) is 0 Å². The van der Waals surface area contributed by atoms with Crippen LogP contribution >= 0.6 is 0 Å². The lowest BCUT2D eigenvalue weighted by Gasteiger charge is -2.07. The Morgan fingerprint density at radius 2 is 0.364 bits per heavy atom. The van der Waals surface area contributed by atoms with Gasteiger partial charge in [0.05, 0.1) is 5.56 Å². The first-order valence-corrected chi connectivity index (χ1v) is 31.8. The van der Waals surface area contributed by atoms with Crippen molar-refractivity contribution in [1.82, 2.24) is 0 Å². The second kappa shape index (κ2) is 39.5. The SMILES string of the molecule is Cc1cc(F)c(-c2cc(F)c(F)c(F)c2)c(F)c1.Cc1cc(F)c(F)c(F)c1.Cc1ccc(-c2cc(F)c(F)c(F)c2)c(F)c1.Cc1ccc(-c2cc(F)c(F)c(F)c2)cc1.Cc1ccc(-c2ccc(F)c(F)c2)cc1.Cc1ccc(-c2ccc(F)cc2)cc1.Cc1ccc(F)c(F)c1.Cc1ccc(F)cc1. The van der Waals surface area contributed by atoms with Crippen molar-refractivity contribution in [2.24, 2.45) is 0 Å². The Balaban J connectivity index is 0.000000194. The summed E-state index contributed by atoms with van der Waals surface area (Å²) < 4.78 is 268. The summed E-state index contributed by atoms with van der Waals surface area (Å²) in [6, 6.07) is 56.5. The van der Waals surface area contributed by atoms with Gasteiger partial charge in [0.15, 0.2) is 93.1 Å². The van der Waals surface area contributed by atoms with Crippen LogP contribution in [0.2, 0.25) is 0 Å². The van der Waals surface area contributed by atoms with Crippen LogP contribution in [0.4, 0.5) is 92.2 Å². The molecule has 13 aromatic rings. The second-order valence-corrected chi connectivity index (χ2v) is 23.8. The highest BCUT2D eigenvalue weighted by Gasteiger charge is 2.19. The molecule has 107 heavy (non-hydrogen) atoms. The van der Waals surface area contributed by atoms with Crippen LogP contribution in [0.15, 0.2) is 237 Å². The maximum atomic E-state index is 13.6. The zero-order valence-corrected chi connectivity index (χ0v) is 58.0. The molecule has 0 aromatic heterocycles. The predicted octanol–water partition coefficient (Wildman–Crippen LogP) is 27.2. The van der Waals surface area contributed by atoms with Crippen molar-refractivity contribution in [2.45, 2.75) is 55.4 Å². The molecule has 0 N–H and O–H groups in total. The summed E-state index contributed by atoms with van der Waals surface area (Å²) in [4.78, 5) is 0. The van der Waals surface area contributed by atoms with E-state index in [4.69, 9.17) is 0 Å². The van der Waals surface area contributed by atoms with E-state index in [2.05, 4.69) is 19.1 Å². The standard InChI is InChI=1S/C13H7F5.C13H8F4.C13H9F3.C13H10F2.C13H11F.C7H5F3.C7H6F2.C7H7F/c1-6-2-8(14)12(9(15)3-6)7-4-10(16)13(18)11(17)5-7;1-7-2-3-9(10(14)4-7)8-5-11(15)13(17)12(16)6-8;1-8-2-4-9(5-3-8)10-6-11(14)13(16)12(15)7-10;1-9-2-4-10(5-3-9)11-6-7-12(14)13(15)8-11;1-10-2-4-11(5-3-10)12-6-8-13(14)9-7-12;1-4-2-5(8)7(10)6(9)3-4;1-5-2-3-6(8)7(9)4-5;1-6-2-4-7(8)5-3-6/h2-5H,1H3;2-6H,1H3;2-7H,1H3;2-8H,1H3;2-9H,1H3;2-3H,1H3;2-4H,1H3;2-5H,1H3. The molecule has 0 bridgehead atoms. The Morgan fingerprint density at radius 1 is 0.140 bits per heavy atom. The van der Waals surface area contributed by atoms with Gasteiger partial charge in [-0.3, -0.25) is 0 Å². The predicted molar refractivity (Wildman–Crippen MR) is 376 cm³/mol. The van der Waals surface area contributed by atoms with Crippen molar-refractivity contribution in [1.29, 1.82) is 0 Å². The lowest BCUT2D eigenvalue weighted by molar-refractivity contribution is 0.446. The molecule has 0 saturated carbocycles. The number of rotatable bonds is 5. The minimum Gasteiger partial charge on any atom is -0.207 e. The Bertz CT molecular complexity index is 4940. The van der Waals surface area contributed by atoms with Crippen molar-refractivity contribution in [3.8, 4) is 55.6 Å². The van der Waals surface area contributed by atoms with Gasteiger partial charge >= 0.3 is 0 Å². The Kier molecular flexibility index (Phi) is 31.1. The maximum Gasteiger partial charge on any atom is 0.194 e. The third kappa shape index (κ3) is 25.6. The molecule has 0 aliphatic heterocycles. The Labute approximate surface area is 604 Å². The van der Waals surface area contributed by atoms with E-state index in [1.807, 2.05) is 69.3 Å². The number of aryl methyl sites for hydroxylation is 8. The van der Waals surface area contributed by atoms with Crippen LogP contribution in [0, 0.1) is 178 Å². The molecule has 0 atom stereocenters. The van der Waals surface area contributed by atoms with Gasteiger partial charge in [-0.05, 0) is 237 Å². The maximum absolute atomic E-state index is 13.6. The molecular weight excluding hydrogens is 1430 g/mol. The molecule has 0 heterocycles. The summed E-state index contributed by atoms with van der Waals surface area (Å²) in [5, 5.41) is 0. The summed E-state index contributed by atoms with van der Waals surface area (Å²) >= 11 is 0. The van der Waals surface area contributed by atoms with Gasteiger partial charge in [-0.2, -0.15) is 0 Å².